The second-order valence-electron chi connectivity index (χ2n) is 4.13. The number of allylic oxidation sites excluding steroid dienone is 4. The highest BCUT2D eigenvalue weighted by atomic mass is 28.3. The van der Waals surface area contributed by atoms with Gasteiger partial charge in [-0.25, -0.2) is 0 Å². The van der Waals surface area contributed by atoms with E-state index in [-0.39, 0.29) is 8.80 Å². The molecule has 0 saturated carbocycles. The van der Waals surface area contributed by atoms with Gasteiger partial charge in [0, 0.05) is 0 Å². The van der Waals surface area contributed by atoms with Crippen molar-refractivity contribution in [3.05, 3.63) is 22.3 Å². The highest BCUT2D eigenvalue weighted by Crippen LogP contribution is 2.42. The van der Waals surface area contributed by atoms with Crippen LogP contribution in [0.5, 0.6) is 0 Å². The minimum atomic E-state index is -0.190. The van der Waals surface area contributed by atoms with Crippen LogP contribution in [-0.2, 0) is 0 Å². The third-order valence-electron chi connectivity index (χ3n) is 3.19. The topological polar surface area (TPSA) is 0 Å². The van der Waals surface area contributed by atoms with E-state index >= 15 is 0 Å². The predicted molar refractivity (Wildman–Crippen MR) is 58.0 cm³/mol. The van der Waals surface area contributed by atoms with E-state index in [0.717, 1.165) is 5.54 Å². The second-order valence-corrected chi connectivity index (χ2v) is 6.86. The van der Waals surface area contributed by atoms with Gasteiger partial charge in [0.15, 0.2) is 0 Å². The van der Waals surface area contributed by atoms with Crippen molar-refractivity contribution in [3.8, 4) is 0 Å². The second kappa shape index (κ2) is 3.21. The molecule has 0 aliphatic heterocycles. The Morgan fingerprint density at radius 2 is 1.17 bits per heavy atom. The Kier molecular flexibility index (Phi) is 2.62. The first kappa shape index (κ1) is 9.78. The van der Waals surface area contributed by atoms with E-state index in [2.05, 4.69) is 40.8 Å². The molecule has 0 aromatic heterocycles. The van der Waals surface area contributed by atoms with Crippen LogP contribution in [0.2, 0.25) is 18.6 Å². The summed E-state index contributed by atoms with van der Waals surface area (Å²) >= 11 is 0. The Hall–Kier alpha value is -0.303. The molecule has 1 aliphatic rings. The summed E-state index contributed by atoms with van der Waals surface area (Å²) in [6.07, 6.45) is 0. The normalized spacial score (nSPS) is 20.2. The molecule has 1 rings (SSSR count). The van der Waals surface area contributed by atoms with Gasteiger partial charge in [0.1, 0.15) is 0 Å². The zero-order valence-corrected chi connectivity index (χ0v) is 10.1. The Balaban J connectivity index is 3.08. The first-order valence-corrected chi connectivity index (χ1v) is 7.19. The minimum Gasteiger partial charge on any atom is -0.0705 e. The fourth-order valence-corrected chi connectivity index (χ4v) is 4.38. The van der Waals surface area contributed by atoms with E-state index < -0.39 is 0 Å². The lowest BCUT2D eigenvalue weighted by Crippen LogP contribution is -2.12. The zero-order chi connectivity index (χ0) is 9.46. The van der Waals surface area contributed by atoms with Crippen molar-refractivity contribution in [2.45, 2.75) is 46.3 Å². The summed E-state index contributed by atoms with van der Waals surface area (Å²) in [5, 5.41) is 0. The van der Waals surface area contributed by atoms with Gasteiger partial charge in [-0.2, -0.15) is 0 Å². The SMILES string of the molecule is CC1=C(C)C([Si](C)C)C(C)=C1C. The molecule has 0 bridgehead atoms. The molecule has 0 aromatic carbocycles. The number of rotatable bonds is 1. The van der Waals surface area contributed by atoms with Gasteiger partial charge in [0.25, 0.3) is 0 Å². The first-order chi connectivity index (χ1) is 5.46. The highest BCUT2D eigenvalue weighted by Gasteiger charge is 2.26. The molecule has 1 heteroatoms. The summed E-state index contributed by atoms with van der Waals surface area (Å²) in [6, 6.07) is 0. The van der Waals surface area contributed by atoms with Crippen LogP contribution in [0.4, 0.5) is 0 Å². The molecule has 12 heavy (non-hydrogen) atoms. The van der Waals surface area contributed by atoms with Crippen molar-refractivity contribution in [1.82, 2.24) is 0 Å². The standard InChI is InChI=1S/C11H19Si/c1-7-8(2)10(4)11(9(7)3)12(5)6/h11H,1-6H3. The van der Waals surface area contributed by atoms with Crippen LogP contribution in [0.3, 0.4) is 0 Å². The molecule has 0 saturated heterocycles. The van der Waals surface area contributed by atoms with Crippen LogP contribution in [0, 0.1) is 0 Å². The molecule has 0 heterocycles. The smallest absolute Gasteiger partial charge is 0.0547 e. The quantitative estimate of drug-likeness (QED) is 0.537. The van der Waals surface area contributed by atoms with E-state index in [1.807, 2.05) is 0 Å². The zero-order valence-electron chi connectivity index (χ0n) is 9.08. The molecular formula is C11H19Si. The van der Waals surface area contributed by atoms with Gasteiger partial charge in [0.05, 0.1) is 8.80 Å². The van der Waals surface area contributed by atoms with Gasteiger partial charge in [-0.05, 0) is 44.4 Å². The maximum absolute atomic E-state index is 2.41. The van der Waals surface area contributed by atoms with Crippen LogP contribution >= 0.6 is 0 Å². The maximum atomic E-state index is 2.41. The molecule has 67 valence electrons. The van der Waals surface area contributed by atoms with Crippen LogP contribution in [0.15, 0.2) is 22.3 Å². The molecule has 0 atom stereocenters. The summed E-state index contributed by atoms with van der Waals surface area (Å²) in [6.45, 7) is 14.0. The fourth-order valence-electron chi connectivity index (χ4n) is 2.22. The molecule has 0 fully saturated rings. The molecule has 0 N–H and O–H groups in total. The average Bonchev–Trinajstić information content (AvgIpc) is 2.16. The molecule has 1 aliphatic carbocycles. The van der Waals surface area contributed by atoms with Crippen molar-refractivity contribution >= 4 is 8.80 Å². The molecular weight excluding hydrogens is 160 g/mol. The molecule has 0 amide bonds. The van der Waals surface area contributed by atoms with Gasteiger partial charge in [-0.3, -0.25) is 0 Å². The van der Waals surface area contributed by atoms with Gasteiger partial charge >= 0.3 is 0 Å². The summed E-state index contributed by atoms with van der Waals surface area (Å²) in [4.78, 5) is 0. The Morgan fingerprint density at radius 3 is 1.33 bits per heavy atom. The maximum Gasteiger partial charge on any atom is 0.0547 e. The Bertz CT molecular complexity index is 232. The van der Waals surface area contributed by atoms with E-state index in [1.165, 1.54) is 0 Å². The lowest BCUT2D eigenvalue weighted by molar-refractivity contribution is 1.09. The largest absolute Gasteiger partial charge is 0.0705 e. The third kappa shape index (κ3) is 1.31. The lowest BCUT2D eigenvalue weighted by Gasteiger charge is -2.17. The van der Waals surface area contributed by atoms with Gasteiger partial charge in [-0.1, -0.05) is 24.2 Å². The number of hydrogen-bond donors (Lipinski definition) is 0. The minimum absolute atomic E-state index is 0.190. The summed E-state index contributed by atoms with van der Waals surface area (Å²) in [5.74, 6) is 0. The van der Waals surface area contributed by atoms with Crippen molar-refractivity contribution in [1.29, 1.82) is 0 Å². The lowest BCUT2D eigenvalue weighted by atomic mass is 10.1. The van der Waals surface area contributed by atoms with Crippen molar-refractivity contribution < 1.29 is 0 Å². The van der Waals surface area contributed by atoms with Crippen LogP contribution in [-0.4, -0.2) is 8.80 Å². The summed E-state index contributed by atoms with van der Waals surface area (Å²) in [5.41, 5.74) is 7.16. The summed E-state index contributed by atoms with van der Waals surface area (Å²) in [7, 11) is -0.190. The van der Waals surface area contributed by atoms with E-state index in [4.69, 9.17) is 0 Å². The first-order valence-electron chi connectivity index (χ1n) is 4.62. The van der Waals surface area contributed by atoms with Crippen molar-refractivity contribution in [2.24, 2.45) is 0 Å². The number of hydrogen-bond acceptors (Lipinski definition) is 0. The van der Waals surface area contributed by atoms with E-state index in [9.17, 15) is 0 Å². The van der Waals surface area contributed by atoms with Crippen molar-refractivity contribution in [3.63, 3.8) is 0 Å². The molecule has 1 radical (unpaired) electrons. The summed E-state index contributed by atoms with van der Waals surface area (Å²) < 4.78 is 0. The predicted octanol–water partition coefficient (Wildman–Crippen LogP) is 3.80. The highest BCUT2D eigenvalue weighted by molar-refractivity contribution is 6.59. The van der Waals surface area contributed by atoms with Crippen LogP contribution < -0.4 is 0 Å². The van der Waals surface area contributed by atoms with Gasteiger partial charge in [-0.15, -0.1) is 0 Å². The van der Waals surface area contributed by atoms with Gasteiger partial charge in [0.2, 0.25) is 0 Å². The fraction of sp³-hybridized carbons (Fsp3) is 0.636. The molecule has 0 nitrogen and oxygen atoms in total. The van der Waals surface area contributed by atoms with Crippen molar-refractivity contribution in [2.75, 3.05) is 0 Å². The van der Waals surface area contributed by atoms with Gasteiger partial charge < -0.3 is 0 Å². The van der Waals surface area contributed by atoms with Crippen LogP contribution in [0.1, 0.15) is 27.7 Å². The molecule has 0 spiro atoms. The molecule has 0 aromatic rings. The van der Waals surface area contributed by atoms with E-state index in [0.29, 0.717) is 0 Å². The third-order valence-corrected chi connectivity index (χ3v) is 5.21. The Labute approximate surface area is 78.0 Å². The van der Waals surface area contributed by atoms with Crippen LogP contribution in [0.25, 0.3) is 0 Å². The molecule has 0 unspecified atom stereocenters. The monoisotopic (exact) mass is 179 g/mol. The Morgan fingerprint density at radius 1 is 0.833 bits per heavy atom. The average molecular weight is 179 g/mol. The van der Waals surface area contributed by atoms with E-state index in [1.54, 1.807) is 22.3 Å².